The van der Waals surface area contributed by atoms with Gasteiger partial charge in [-0.25, -0.2) is 8.42 Å². The molecule has 0 aliphatic heterocycles. The minimum absolute atomic E-state index is 0.197. The number of sulfonamides is 1. The van der Waals surface area contributed by atoms with Crippen LogP contribution in [0, 0.1) is 0 Å². The second-order valence-electron chi connectivity index (χ2n) is 5.86. The number of ether oxygens (including phenoxy) is 1. The van der Waals surface area contributed by atoms with Crippen molar-refractivity contribution in [2.75, 3.05) is 11.8 Å². The Kier molecular flexibility index (Phi) is 3.97. The van der Waals surface area contributed by atoms with Crippen LogP contribution >= 0.6 is 0 Å². The van der Waals surface area contributed by atoms with E-state index in [0.717, 1.165) is 16.2 Å². The number of fused-ring (bicyclic) bond motifs is 2. The lowest BCUT2D eigenvalue weighted by Crippen LogP contribution is -2.13. The summed E-state index contributed by atoms with van der Waals surface area (Å²) < 4.78 is 33.7. The molecule has 0 bridgehead atoms. The van der Waals surface area contributed by atoms with Crippen LogP contribution in [0.3, 0.4) is 0 Å². The summed E-state index contributed by atoms with van der Waals surface area (Å²) in [5.41, 5.74) is 0.950. The van der Waals surface area contributed by atoms with E-state index in [1.165, 1.54) is 0 Å². The molecule has 0 saturated heterocycles. The molecular weight excluding hydrogens is 348 g/mol. The molecular formula is C20H16N2O3S. The van der Waals surface area contributed by atoms with Crippen molar-refractivity contribution >= 4 is 37.4 Å². The Morgan fingerprint density at radius 3 is 2.46 bits per heavy atom. The number of methoxy groups -OCH3 is 1. The average Bonchev–Trinajstić information content (AvgIpc) is 2.67. The van der Waals surface area contributed by atoms with Gasteiger partial charge in [0, 0.05) is 17.6 Å². The number of benzene rings is 3. The van der Waals surface area contributed by atoms with Gasteiger partial charge in [-0.05, 0) is 35.0 Å². The maximum atomic E-state index is 12.9. The quantitative estimate of drug-likeness (QED) is 0.589. The third-order valence-electron chi connectivity index (χ3n) is 4.19. The van der Waals surface area contributed by atoms with Gasteiger partial charge < -0.3 is 4.74 Å². The molecule has 0 aliphatic rings. The first-order valence-corrected chi connectivity index (χ1v) is 9.49. The number of anilines is 1. The van der Waals surface area contributed by atoms with E-state index in [1.807, 2.05) is 36.4 Å². The van der Waals surface area contributed by atoms with E-state index in [0.29, 0.717) is 17.0 Å². The summed E-state index contributed by atoms with van der Waals surface area (Å²) in [5.74, 6) is 0.557. The molecule has 1 heterocycles. The second-order valence-corrected chi connectivity index (χ2v) is 7.55. The molecule has 0 unspecified atom stereocenters. The lowest BCUT2D eigenvalue weighted by atomic mass is 10.1. The Morgan fingerprint density at radius 2 is 1.65 bits per heavy atom. The van der Waals surface area contributed by atoms with Crippen LogP contribution in [0.4, 0.5) is 5.69 Å². The molecule has 6 heteroatoms. The van der Waals surface area contributed by atoms with Crippen molar-refractivity contribution in [1.82, 2.24) is 4.98 Å². The zero-order valence-corrected chi connectivity index (χ0v) is 14.8. The maximum absolute atomic E-state index is 12.9. The van der Waals surface area contributed by atoms with E-state index in [9.17, 15) is 8.42 Å². The van der Waals surface area contributed by atoms with Crippen LogP contribution in [0.2, 0.25) is 0 Å². The zero-order valence-electron chi connectivity index (χ0n) is 14.0. The summed E-state index contributed by atoms with van der Waals surface area (Å²) in [6, 6.07) is 19.8. The zero-order chi connectivity index (χ0) is 18.1. The van der Waals surface area contributed by atoms with E-state index in [2.05, 4.69) is 9.71 Å². The molecule has 3 aromatic carbocycles. The van der Waals surface area contributed by atoms with Crippen LogP contribution in [0.15, 0.2) is 77.8 Å². The molecule has 5 nitrogen and oxygen atoms in total. The highest BCUT2D eigenvalue weighted by atomic mass is 32.2. The largest absolute Gasteiger partial charge is 0.497 e. The van der Waals surface area contributed by atoms with Gasteiger partial charge in [-0.15, -0.1) is 0 Å². The number of hydrogen-bond donors (Lipinski definition) is 1. The first-order chi connectivity index (χ1) is 12.6. The smallest absolute Gasteiger partial charge is 0.261 e. The van der Waals surface area contributed by atoms with Crippen molar-refractivity contribution in [3.63, 3.8) is 0 Å². The fourth-order valence-corrected chi connectivity index (χ4v) is 3.99. The molecule has 4 rings (SSSR count). The van der Waals surface area contributed by atoms with Crippen molar-refractivity contribution in [2.45, 2.75) is 4.90 Å². The Balaban J connectivity index is 1.81. The summed E-state index contributed by atoms with van der Waals surface area (Å²) in [6.07, 6.45) is 1.63. The van der Waals surface area contributed by atoms with Crippen molar-refractivity contribution in [3.05, 3.63) is 72.9 Å². The standard InChI is InChI=1S/C20H16N2O3S/c1-25-17-11-16-7-4-10-21-20(16)19(13-17)22-26(23,24)18-9-8-14-5-2-3-6-15(14)12-18/h2-13,22H,1H3. The minimum atomic E-state index is -3.77. The number of pyridine rings is 1. The number of nitrogens with one attached hydrogen (secondary N) is 1. The Morgan fingerprint density at radius 1 is 0.885 bits per heavy atom. The lowest BCUT2D eigenvalue weighted by molar-refractivity contribution is 0.415. The topological polar surface area (TPSA) is 68.3 Å². The molecule has 0 radical (unpaired) electrons. The molecule has 0 fully saturated rings. The second kappa shape index (κ2) is 6.31. The van der Waals surface area contributed by atoms with Crippen LogP contribution in [-0.4, -0.2) is 20.5 Å². The van der Waals surface area contributed by atoms with E-state index < -0.39 is 10.0 Å². The number of hydrogen-bond acceptors (Lipinski definition) is 4. The molecule has 1 aromatic heterocycles. The monoisotopic (exact) mass is 364 g/mol. The molecule has 130 valence electrons. The van der Waals surface area contributed by atoms with Crippen molar-refractivity contribution in [1.29, 1.82) is 0 Å². The van der Waals surface area contributed by atoms with Gasteiger partial charge in [0.15, 0.2) is 0 Å². The normalized spacial score (nSPS) is 11.6. The van der Waals surface area contributed by atoms with Crippen LogP contribution in [0.1, 0.15) is 0 Å². The van der Waals surface area contributed by atoms with Gasteiger partial charge in [-0.1, -0.05) is 36.4 Å². The van der Waals surface area contributed by atoms with E-state index >= 15 is 0 Å². The van der Waals surface area contributed by atoms with Gasteiger partial charge in [0.2, 0.25) is 0 Å². The van der Waals surface area contributed by atoms with Gasteiger partial charge in [0.25, 0.3) is 10.0 Å². The van der Waals surface area contributed by atoms with Gasteiger partial charge in [0.05, 0.1) is 23.2 Å². The molecule has 1 N–H and O–H groups in total. The summed E-state index contributed by atoms with van der Waals surface area (Å²) >= 11 is 0. The summed E-state index contributed by atoms with van der Waals surface area (Å²) in [7, 11) is -2.23. The highest BCUT2D eigenvalue weighted by Gasteiger charge is 2.17. The first kappa shape index (κ1) is 16.4. The van der Waals surface area contributed by atoms with Crippen LogP contribution in [0.25, 0.3) is 21.7 Å². The van der Waals surface area contributed by atoms with Gasteiger partial charge in [-0.2, -0.15) is 0 Å². The van der Waals surface area contributed by atoms with Crippen LogP contribution in [0.5, 0.6) is 5.75 Å². The Labute approximate surface area is 151 Å². The number of rotatable bonds is 4. The molecule has 0 aliphatic carbocycles. The fourth-order valence-electron chi connectivity index (χ4n) is 2.90. The SMILES string of the molecule is COc1cc(NS(=O)(=O)c2ccc3ccccc3c2)c2ncccc2c1. The average molecular weight is 364 g/mol. The third-order valence-corrected chi connectivity index (χ3v) is 5.55. The summed E-state index contributed by atoms with van der Waals surface area (Å²) in [5, 5.41) is 2.65. The predicted molar refractivity (Wildman–Crippen MR) is 103 cm³/mol. The first-order valence-electron chi connectivity index (χ1n) is 8.01. The van der Waals surface area contributed by atoms with Crippen molar-refractivity contribution in [3.8, 4) is 5.75 Å². The number of aromatic nitrogens is 1. The van der Waals surface area contributed by atoms with Crippen molar-refractivity contribution in [2.24, 2.45) is 0 Å². The highest BCUT2D eigenvalue weighted by Crippen LogP contribution is 2.30. The fraction of sp³-hybridized carbons (Fsp3) is 0.0500. The summed E-state index contributed by atoms with van der Waals surface area (Å²) in [4.78, 5) is 4.50. The van der Waals surface area contributed by atoms with Gasteiger partial charge >= 0.3 is 0 Å². The maximum Gasteiger partial charge on any atom is 0.261 e. The summed E-state index contributed by atoms with van der Waals surface area (Å²) in [6.45, 7) is 0. The van der Waals surface area contributed by atoms with Crippen LogP contribution in [-0.2, 0) is 10.0 Å². The third kappa shape index (κ3) is 2.95. The molecule has 0 saturated carbocycles. The molecule has 0 spiro atoms. The van der Waals surface area contributed by atoms with E-state index in [-0.39, 0.29) is 4.90 Å². The van der Waals surface area contributed by atoms with E-state index in [4.69, 9.17) is 4.74 Å². The van der Waals surface area contributed by atoms with E-state index in [1.54, 1.807) is 43.6 Å². The Bertz CT molecular complexity index is 1220. The molecule has 0 amide bonds. The predicted octanol–water partition coefficient (Wildman–Crippen LogP) is 4.20. The molecule has 4 aromatic rings. The lowest BCUT2D eigenvalue weighted by Gasteiger charge is -2.12. The Hall–Kier alpha value is -3.12. The van der Waals surface area contributed by atoms with Gasteiger partial charge in [-0.3, -0.25) is 9.71 Å². The van der Waals surface area contributed by atoms with Crippen molar-refractivity contribution < 1.29 is 13.2 Å². The highest BCUT2D eigenvalue weighted by molar-refractivity contribution is 7.92. The van der Waals surface area contributed by atoms with Gasteiger partial charge in [0.1, 0.15) is 5.75 Å². The molecule has 0 atom stereocenters. The molecule has 26 heavy (non-hydrogen) atoms. The van der Waals surface area contributed by atoms with Crippen LogP contribution < -0.4 is 9.46 Å². The minimum Gasteiger partial charge on any atom is -0.497 e. The number of nitrogens with zero attached hydrogens (tertiary/aromatic N) is 1.